The van der Waals surface area contributed by atoms with Crippen LogP contribution in [0.25, 0.3) is 0 Å². The van der Waals surface area contributed by atoms with Gasteiger partial charge in [0.05, 0.1) is 5.69 Å². The number of carbonyl (C=O) groups excluding carboxylic acids is 2. The highest BCUT2D eigenvalue weighted by molar-refractivity contribution is 5.94. The Morgan fingerprint density at radius 1 is 1.00 bits per heavy atom. The van der Waals surface area contributed by atoms with Crippen molar-refractivity contribution in [2.24, 2.45) is 11.7 Å². The highest BCUT2D eigenvalue weighted by Crippen LogP contribution is 2.27. The number of piperidine rings is 1. The first kappa shape index (κ1) is 23.4. The van der Waals surface area contributed by atoms with Gasteiger partial charge in [-0.3, -0.25) is 9.59 Å². The number of aryl methyl sites for hydroxylation is 1. The quantitative estimate of drug-likeness (QED) is 0.540. The van der Waals surface area contributed by atoms with Gasteiger partial charge in [0.15, 0.2) is 11.4 Å². The Morgan fingerprint density at radius 2 is 1.65 bits per heavy atom. The number of benzene rings is 2. The molecule has 2 N–H and O–H groups in total. The molecule has 0 saturated carbocycles. The lowest BCUT2D eigenvalue weighted by atomic mass is 9.92. The molecular formula is C27H30N4O3. The fraction of sp³-hybridized carbons (Fsp3) is 0.333. The molecule has 0 atom stereocenters. The molecule has 0 aliphatic carbocycles. The molecule has 0 spiro atoms. The van der Waals surface area contributed by atoms with Crippen LogP contribution >= 0.6 is 0 Å². The van der Waals surface area contributed by atoms with Crippen LogP contribution in [0.1, 0.15) is 52.9 Å². The number of nitrogens with zero attached hydrogens (tertiary/aromatic N) is 3. The van der Waals surface area contributed by atoms with Gasteiger partial charge in [-0.25, -0.2) is 9.97 Å². The first-order valence-electron chi connectivity index (χ1n) is 11.6. The smallest absolute Gasteiger partial charge is 0.308 e. The van der Waals surface area contributed by atoms with Crippen molar-refractivity contribution in [1.82, 2.24) is 9.97 Å². The van der Waals surface area contributed by atoms with Crippen molar-refractivity contribution in [3.63, 3.8) is 0 Å². The number of hydrogen-bond acceptors (Lipinski definition) is 6. The summed E-state index contributed by atoms with van der Waals surface area (Å²) in [5, 5.41) is 0. The fourth-order valence-corrected chi connectivity index (χ4v) is 4.45. The van der Waals surface area contributed by atoms with E-state index in [0.29, 0.717) is 23.9 Å². The average Bonchev–Trinajstić information content (AvgIpc) is 2.82. The first-order valence-corrected chi connectivity index (χ1v) is 11.6. The summed E-state index contributed by atoms with van der Waals surface area (Å²) in [7, 11) is 0. The molecule has 3 aromatic rings. The van der Waals surface area contributed by atoms with Gasteiger partial charge in [0.2, 0.25) is 0 Å². The topological polar surface area (TPSA) is 98.4 Å². The van der Waals surface area contributed by atoms with Crippen molar-refractivity contribution in [2.75, 3.05) is 18.0 Å². The van der Waals surface area contributed by atoms with Crippen molar-refractivity contribution in [2.45, 2.75) is 39.5 Å². The minimum atomic E-state index is -0.728. The van der Waals surface area contributed by atoms with Crippen LogP contribution in [0.5, 0.6) is 5.75 Å². The lowest BCUT2D eigenvalue weighted by Crippen LogP contribution is -2.34. The Hall–Kier alpha value is -3.74. The number of hydrogen-bond donors (Lipinski definition) is 1. The molecule has 0 unspecified atom stereocenters. The second-order valence-corrected chi connectivity index (χ2v) is 8.82. The summed E-state index contributed by atoms with van der Waals surface area (Å²) in [6.07, 6.45) is 3.61. The molecule has 0 bridgehead atoms. The van der Waals surface area contributed by atoms with Crippen LogP contribution in [0.4, 0.5) is 5.69 Å². The standard InChI is InChI=1S/C27H30N4O3/c1-18-26(34-19(2)32)25(27(28)33)30-24(29-18)17-22-12-14-31(15-13-22)23-10-8-21(9-11-23)16-20-6-4-3-5-7-20/h3-11,22H,12-17H2,1-2H3,(H2,28,33). The maximum Gasteiger partial charge on any atom is 0.308 e. The number of esters is 1. The number of rotatable bonds is 7. The Morgan fingerprint density at radius 3 is 2.26 bits per heavy atom. The molecule has 1 fully saturated rings. The van der Waals surface area contributed by atoms with E-state index in [2.05, 4.69) is 63.4 Å². The molecule has 1 amide bonds. The monoisotopic (exact) mass is 458 g/mol. The molecule has 2 aromatic carbocycles. The molecule has 34 heavy (non-hydrogen) atoms. The third-order valence-corrected chi connectivity index (χ3v) is 6.20. The maximum absolute atomic E-state index is 11.9. The third kappa shape index (κ3) is 5.78. The normalized spacial score (nSPS) is 14.1. The van der Waals surface area contributed by atoms with Gasteiger partial charge in [0.1, 0.15) is 5.82 Å². The van der Waals surface area contributed by atoms with Gasteiger partial charge in [0, 0.05) is 32.1 Å². The maximum atomic E-state index is 11.9. The number of ether oxygens (including phenoxy) is 1. The Bertz CT molecular complexity index is 1150. The van der Waals surface area contributed by atoms with Gasteiger partial charge in [-0.15, -0.1) is 0 Å². The van der Waals surface area contributed by atoms with Crippen molar-refractivity contribution < 1.29 is 14.3 Å². The molecule has 1 aliphatic heterocycles. The van der Waals surface area contributed by atoms with Crippen molar-refractivity contribution in [1.29, 1.82) is 0 Å². The van der Waals surface area contributed by atoms with E-state index in [0.717, 1.165) is 32.4 Å². The van der Waals surface area contributed by atoms with E-state index >= 15 is 0 Å². The fourth-order valence-electron chi connectivity index (χ4n) is 4.45. The lowest BCUT2D eigenvalue weighted by Gasteiger charge is -2.33. The molecule has 0 radical (unpaired) electrons. The van der Waals surface area contributed by atoms with Crippen molar-refractivity contribution >= 4 is 17.6 Å². The number of carbonyl (C=O) groups is 2. The summed E-state index contributed by atoms with van der Waals surface area (Å²) in [6.45, 7) is 4.87. The molecule has 4 rings (SSSR count). The summed E-state index contributed by atoms with van der Waals surface area (Å²) < 4.78 is 5.12. The van der Waals surface area contributed by atoms with Gasteiger partial charge >= 0.3 is 5.97 Å². The summed E-state index contributed by atoms with van der Waals surface area (Å²) in [6, 6.07) is 19.3. The van der Waals surface area contributed by atoms with Crippen LogP contribution in [0, 0.1) is 12.8 Å². The largest absolute Gasteiger partial charge is 0.422 e. The van der Waals surface area contributed by atoms with Crippen molar-refractivity contribution in [3.8, 4) is 5.75 Å². The Balaban J connectivity index is 1.36. The van der Waals surface area contributed by atoms with Gasteiger partial charge in [-0.1, -0.05) is 42.5 Å². The third-order valence-electron chi connectivity index (χ3n) is 6.20. The minimum Gasteiger partial charge on any atom is -0.422 e. The average molecular weight is 459 g/mol. The number of nitrogens with two attached hydrogens (primary N) is 1. The van der Waals surface area contributed by atoms with E-state index in [4.69, 9.17) is 10.5 Å². The van der Waals surface area contributed by atoms with Crippen molar-refractivity contribution in [3.05, 3.63) is 82.9 Å². The van der Waals surface area contributed by atoms with Crippen LogP contribution < -0.4 is 15.4 Å². The predicted molar refractivity (Wildman–Crippen MR) is 131 cm³/mol. The second kappa shape index (κ2) is 10.5. The zero-order chi connectivity index (χ0) is 24.1. The summed E-state index contributed by atoms with van der Waals surface area (Å²) in [5.74, 6) is -0.246. The van der Waals surface area contributed by atoms with Crippen LogP contribution in [0.3, 0.4) is 0 Å². The van der Waals surface area contributed by atoms with Crippen LogP contribution in [0.15, 0.2) is 54.6 Å². The predicted octanol–water partition coefficient (Wildman–Crippen LogP) is 3.86. The highest BCUT2D eigenvalue weighted by Gasteiger charge is 2.24. The molecule has 2 heterocycles. The lowest BCUT2D eigenvalue weighted by molar-refractivity contribution is -0.132. The van der Waals surface area contributed by atoms with E-state index in [1.165, 1.54) is 23.7 Å². The van der Waals surface area contributed by atoms with E-state index in [9.17, 15) is 9.59 Å². The molecule has 1 saturated heterocycles. The van der Waals surface area contributed by atoms with E-state index in [1.807, 2.05) is 6.07 Å². The summed E-state index contributed by atoms with van der Waals surface area (Å²) in [5.41, 5.74) is 9.74. The van der Waals surface area contributed by atoms with E-state index in [1.54, 1.807) is 6.92 Å². The van der Waals surface area contributed by atoms with Crippen LogP contribution in [-0.2, 0) is 17.6 Å². The number of aromatic nitrogens is 2. The number of amides is 1. The molecule has 1 aliphatic rings. The molecule has 7 nitrogen and oxygen atoms in total. The van der Waals surface area contributed by atoms with Gasteiger partial charge in [0.25, 0.3) is 5.91 Å². The molecule has 1 aromatic heterocycles. The van der Waals surface area contributed by atoms with Crippen LogP contribution in [0.2, 0.25) is 0 Å². The van der Waals surface area contributed by atoms with Crippen LogP contribution in [-0.4, -0.2) is 34.9 Å². The number of anilines is 1. The van der Waals surface area contributed by atoms with E-state index < -0.39 is 11.9 Å². The molecule has 7 heteroatoms. The first-order chi connectivity index (χ1) is 16.4. The Labute approximate surface area is 200 Å². The number of primary amides is 1. The summed E-state index contributed by atoms with van der Waals surface area (Å²) in [4.78, 5) is 34.4. The Kier molecular flexibility index (Phi) is 7.21. The summed E-state index contributed by atoms with van der Waals surface area (Å²) >= 11 is 0. The minimum absolute atomic E-state index is 0.0364. The zero-order valence-electron chi connectivity index (χ0n) is 19.7. The van der Waals surface area contributed by atoms with Gasteiger partial charge < -0.3 is 15.4 Å². The molecule has 176 valence electrons. The second-order valence-electron chi connectivity index (χ2n) is 8.82. The zero-order valence-corrected chi connectivity index (χ0v) is 19.7. The SMILES string of the molecule is CC(=O)Oc1c(C)nc(CC2CCN(c3ccc(Cc4ccccc4)cc3)CC2)nc1C(N)=O. The highest BCUT2D eigenvalue weighted by atomic mass is 16.5. The van der Waals surface area contributed by atoms with E-state index in [-0.39, 0.29) is 11.4 Å². The van der Waals surface area contributed by atoms with Gasteiger partial charge in [-0.05, 0) is 55.4 Å². The van der Waals surface area contributed by atoms with Gasteiger partial charge in [-0.2, -0.15) is 0 Å². The molecular weight excluding hydrogens is 428 g/mol.